The summed E-state index contributed by atoms with van der Waals surface area (Å²) in [6, 6.07) is 14.3. The number of nitrogens with zero attached hydrogens (tertiary/aromatic N) is 1. The van der Waals surface area contributed by atoms with E-state index in [1.807, 2.05) is 26.8 Å². The molecule has 0 aliphatic heterocycles. The summed E-state index contributed by atoms with van der Waals surface area (Å²) in [6.07, 6.45) is 0. The fraction of sp³-hybridized carbons (Fsp3) is 0.208. The second-order valence-electron chi connectivity index (χ2n) is 7.19. The molecule has 0 atom stereocenters. The van der Waals surface area contributed by atoms with Crippen LogP contribution in [0.1, 0.15) is 27.2 Å². The summed E-state index contributed by atoms with van der Waals surface area (Å²) in [5.74, 6) is 0.315. The van der Waals surface area contributed by atoms with Crippen molar-refractivity contribution >= 4 is 46.6 Å². The maximum atomic E-state index is 13.0. The Balaban J connectivity index is 1.75. The van der Waals surface area contributed by atoms with Gasteiger partial charge in [0.1, 0.15) is 10.8 Å². The SMILES string of the molecule is COc1ccc(NC(=O)c2c(C)cc(C)nc2SCC(=O)Nc2cccc(Cl)c2C)cc1. The minimum absolute atomic E-state index is 0.102. The first-order valence-electron chi connectivity index (χ1n) is 9.90. The predicted molar refractivity (Wildman–Crippen MR) is 130 cm³/mol. The summed E-state index contributed by atoms with van der Waals surface area (Å²) in [5.41, 5.74) is 4.11. The summed E-state index contributed by atoms with van der Waals surface area (Å²) in [7, 11) is 1.59. The molecule has 166 valence electrons. The second kappa shape index (κ2) is 10.5. The van der Waals surface area contributed by atoms with Crippen LogP contribution >= 0.6 is 23.4 Å². The van der Waals surface area contributed by atoms with Crippen LogP contribution in [0.15, 0.2) is 53.6 Å². The number of pyridine rings is 1. The molecule has 2 N–H and O–H groups in total. The number of carbonyl (C=O) groups excluding carboxylic acids is 2. The third-order valence-electron chi connectivity index (χ3n) is 4.77. The number of anilines is 2. The van der Waals surface area contributed by atoms with E-state index in [0.29, 0.717) is 32.7 Å². The molecule has 6 nitrogen and oxygen atoms in total. The number of aromatic nitrogens is 1. The van der Waals surface area contributed by atoms with Crippen LogP contribution in [-0.4, -0.2) is 29.7 Å². The normalized spacial score (nSPS) is 10.5. The zero-order valence-electron chi connectivity index (χ0n) is 18.3. The molecule has 32 heavy (non-hydrogen) atoms. The third kappa shape index (κ3) is 5.81. The molecule has 0 radical (unpaired) electrons. The molecule has 0 spiro atoms. The molecule has 3 aromatic rings. The van der Waals surface area contributed by atoms with Crippen LogP contribution in [-0.2, 0) is 4.79 Å². The predicted octanol–water partition coefficient (Wildman–Crippen LogP) is 5.65. The van der Waals surface area contributed by atoms with E-state index in [-0.39, 0.29) is 17.6 Å². The highest BCUT2D eigenvalue weighted by Gasteiger charge is 2.19. The summed E-state index contributed by atoms with van der Waals surface area (Å²) in [6.45, 7) is 5.56. The zero-order chi connectivity index (χ0) is 23.3. The molecule has 1 aromatic heterocycles. The smallest absolute Gasteiger partial charge is 0.258 e. The highest BCUT2D eigenvalue weighted by Crippen LogP contribution is 2.27. The van der Waals surface area contributed by atoms with Gasteiger partial charge in [-0.2, -0.15) is 0 Å². The van der Waals surface area contributed by atoms with Crippen molar-refractivity contribution in [2.75, 3.05) is 23.5 Å². The monoisotopic (exact) mass is 469 g/mol. The van der Waals surface area contributed by atoms with Crippen molar-refractivity contribution < 1.29 is 14.3 Å². The van der Waals surface area contributed by atoms with Crippen molar-refractivity contribution in [2.24, 2.45) is 0 Å². The average molecular weight is 470 g/mol. The van der Waals surface area contributed by atoms with Gasteiger partial charge in [-0.05, 0) is 74.4 Å². The van der Waals surface area contributed by atoms with Gasteiger partial charge in [-0.25, -0.2) is 4.98 Å². The van der Waals surface area contributed by atoms with E-state index in [1.54, 1.807) is 49.6 Å². The fourth-order valence-electron chi connectivity index (χ4n) is 3.11. The van der Waals surface area contributed by atoms with Gasteiger partial charge in [0.05, 0.1) is 18.4 Å². The van der Waals surface area contributed by atoms with Crippen LogP contribution in [0.4, 0.5) is 11.4 Å². The summed E-state index contributed by atoms with van der Waals surface area (Å²) in [5, 5.41) is 6.85. The van der Waals surface area contributed by atoms with Gasteiger partial charge < -0.3 is 15.4 Å². The summed E-state index contributed by atoms with van der Waals surface area (Å²) >= 11 is 7.35. The molecular weight excluding hydrogens is 446 g/mol. The van der Waals surface area contributed by atoms with Gasteiger partial charge in [0.25, 0.3) is 5.91 Å². The number of nitrogens with one attached hydrogen (secondary N) is 2. The Morgan fingerprint density at radius 3 is 2.47 bits per heavy atom. The third-order valence-corrected chi connectivity index (χ3v) is 6.15. The molecule has 3 rings (SSSR count). The number of carbonyl (C=O) groups is 2. The first-order chi connectivity index (χ1) is 15.3. The quantitative estimate of drug-likeness (QED) is 0.437. The van der Waals surface area contributed by atoms with E-state index >= 15 is 0 Å². The highest BCUT2D eigenvalue weighted by molar-refractivity contribution is 8.00. The average Bonchev–Trinajstić information content (AvgIpc) is 2.75. The standard InChI is InChI=1S/C24H24ClN3O3S/c1-14-12-15(2)26-24(22(14)23(30)27-17-8-10-18(31-4)11-9-17)32-13-21(29)28-20-7-5-6-19(25)16(20)3/h5-12H,13H2,1-4H3,(H,27,30)(H,28,29). The van der Waals surface area contributed by atoms with E-state index in [4.69, 9.17) is 16.3 Å². The molecule has 0 aliphatic carbocycles. The van der Waals surface area contributed by atoms with Crippen LogP contribution < -0.4 is 15.4 Å². The number of halogens is 1. The van der Waals surface area contributed by atoms with Crippen molar-refractivity contribution in [3.63, 3.8) is 0 Å². The van der Waals surface area contributed by atoms with Gasteiger partial charge in [0, 0.05) is 22.1 Å². The maximum Gasteiger partial charge on any atom is 0.258 e. The van der Waals surface area contributed by atoms with Crippen LogP contribution in [0.3, 0.4) is 0 Å². The Labute approximate surface area is 196 Å². The molecule has 2 amide bonds. The lowest BCUT2D eigenvalue weighted by Gasteiger charge is -2.14. The van der Waals surface area contributed by atoms with Gasteiger partial charge in [0.2, 0.25) is 5.91 Å². The number of aryl methyl sites for hydroxylation is 2. The molecule has 0 aliphatic rings. The number of amides is 2. The highest BCUT2D eigenvalue weighted by atomic mass is 35.5. The fourth-order valence-corrected chi connectivity index (χ4v) is 4.24. The number of rotatable bonds is 7. The molecule has 1 heterocycles. The van der Waals surface area contributed by atoms with Gasteiger partial charge in [-0.1, -0.05) is 29.4 Å². The Hall–Kier alpha value is -3.03. The summed E-state index contributed by atoms with van der Waals surface area (Å²) < 4.78 is 5.15. The van der Waals surface area contributed by atoms with E-state index < -0.39 is 0 Å². The van der Waals surface area contributed by atoms with Crippen molar-refractivity contribution in [3.05, 3.63) is 75.9 Å². The topological polar surface area (TPSA) is 80.3 Å². The molecule has 8 heteroatoms. The summed E-state index contributed by atoms with van der Waals surface area (Å²) in [4.78, 5) is 30.1. The number of hydrogen-bond donors (Lipinski definition) is 2. The number of methoxy groups -OCH3 is 1. The lowest BCUT2D eigenvalue weighted by Crippen LogP contribution is -2.18. The molecule has 0 saturated carbocycles. The number of benzene rings is 2. The van der Waals surface area contributed by atoms with Gasteiger partial charge >= 0.3 is 0 Å². The molecule has 2 aromatic carbocycles. The molecule has 0 bridgehead atoms. The number of hydrogen-bond acceptors (Lipinski definition) is 5. The Kier molecular flexibility index (Phi) is 7.77. The van der Waals surface area contributed by atoms with Crippen molar-refractivity contribution in [1.29, 1.82) is 0 Å². The molecule has 0 saturated heterocycles. The van der Waals surface area contributed by atoms with Crippen molar-refractivity contribution in [1.82, 2.24) is 4.98 Å². The minimum atomic E-state index is -0.284. The van der Waals surface area contributed by atoms with Crippen LogP contribution in [0.2, 0.25) is 5.02 Å². The second-order valence-corrected chi connectivity index (χ2v) is 8.56. The first kappa shape index (κ1) is 23.6. The van der Waals surface area contributed by atoms with Gasteiger partial charge in [0.15, 0.2) is 0 Å². The lowest BCUT2D eigenvalue weighted by atomic mass is 10.1. The van der Waals surface area contributed by atoms with Gasteiger partial charge in [-0.15, -0.1) is 0 Å². The van der Waals surface area contributed by atoms with E-state index in [0.717, 1.165) is 16.8 Å². The van der Waals surface area contributed by atoms with Crippen molar-refractivity contribution in [2.45, 2.75) is 25.8 Å². The first-order valence-corrected chi connectivity index (χ1v) is 11.3. The molecule has 0 fully saturated rings. The lowest BCUT2D eigenvalue weighted by molar-refractivity contribution is -0.113. The van der Waals surface area contributed by atoms with E-state index in [1.165, 1.54) is 11.8 Å². The minimum Gasteiger partial charge on any atom is -0.497 e. The molecular formula is C24H24ClN3O3S. The van der Waals surface area contributed by atoms with Gasteiger partial charge in [-0.3, -0.25) is 9.59 Å². The van der Waals surface area contributed by atoms with E-state index in [2.05, 4.69) is 15.6 Å². The Bertz CT molecular complexity index is 1150. The Morgan fingerprint density at radius 2 is 1.78 bits per heavy atom. The zero-order valence-corrected chi connectivity index (χ0v) is 19.9. The van der Waals surface area contributed by atoms with Crippen LogP contribution in [0.25, 0.3) is 0 Å². The van der Waals surface area contributed by atoms with Crippen LogP contribution in [0, 0.1) is 20.8 Å². The van der Waals surface area contributed by atoms with Crippen LogP contribution in [0.5, 0.6) is 5.75 Å². The number of ether oxygens (including phenoxy) is 1. The van der Waals surface area contributed by atoms with E-state index in [9.17, 15) is 9.59 Å². The van der Waals surface area contributed by atoms with Crippen molar-refractivity contribution in [3.8, 4) is 5.75 Å². The number of thioether (sulfide) groups is 1. The molecule has 0 unspecified atom stereocenters. The Morgan fingerprint density at radius 1 is 1.06 bits per heavy atom. The maximum absolute atomic E-state index is 13.0. The largest absolute Gasteiger partial charge is 0.497 e.